The molecular weight excluding hydrogens is 218 g/mol. The standard InChI is InChI=1S/C12H25N3O2/c1-12(2,17-3)9-14-11(16)8-15-6-4-10(13)5-7-15/h10H,4-9,13H2,1-3H3,(H,14,16). The van der Waals surface area contributed by atoms with Gasteiger partial charge in [0.25, 0.3) is 0 Å². The first-order chi connectivity index (χ1) is 7.93. The Morgan fingerprint density at radius 1 is 1.47 bits per heavy atom. The highest BCUT2D eigenvalue weighted by Gasteiger charge is 2.20. The fourth-order valence-electron chi connectivity index (χ4n) is 1.75. The van der Waals surface area contributed by atoms with Gasteiger partial charge in [-0.2, -0.15) is 0 Å². The van der Waals surface area contributed by atoms with Gasteiger partial charge in [0.15, 0.2) is 0 Å². The van der Waals surface area contributed by atoms with Crippen LogP contribution in [0.1, 0.15) is 26.7 Å². The molecule has 1 fully saturated rings. The van der Waals surface area contributed by atoms with Crippen LogP contribution in [0, 0.1) is 0 Å². The molecule has 0 bridgehead atoms. The molecule has 1 saturated heterocycles. The number of rotatable bonds is 5. The summed E-state index contributed by atoms with van der Waals surface area (Å²) in [5, 5.41) is 2.90. The summed E-state index contributed by atoms with van der Waals surface area (Å²) in [7, 11) is 1.65. The number of ether oxygens (including phenoxy) is 1. The zero-order valence-corrected chi connectivity index (χ0v) is 11.2. The largest absolute Gasteiger partial charge is 0.377 e. The van der Waals surface area contributed by atoms with Crippen molar-refractivity contribution in [3.8, 4) is 0 Å². The van der Waals surface area contributed by atoms with Crippen LogP contribution in [0.15, 0.2) is 0 Å². The molecule has 1 aliphatic heterocycles. The molecule has 0 saturated carbocycles. The molecule has 1 heterocycles. The van der Waals surface area contributed by atoms with Crippen molar-refractivity contribution in [3.05, 3.63) is 0 Å². The molecule has 3 N–H and O–H groups in total. The number of nitrogens with two attached hydrogens (primary N) is 1. The van der Waals surface area contributed by atoms with Crippen LogP contribution in [0.4, 0.5) is 0 Å². The number of piperidine rings is 1. The van der Waals surface area contributed by atoms with Gasteiger partial charge >= 0.3 is 0 Å². The zero-order valence-electron chi connectivity index (χ0n) is 11.2. The third-order valence-electron chi connectivity index (χ3n) is 3.26. The van der Waals surface area contributed by atoms with Crippen LogP contribution in [-0.4, -0.2) is 55.7 Å². The molecule has 0 aromatic rings. The van der Waals surface area contributed by atoms with Gasteiger partial charge < -0.3 is 15.8 Å². The lowest BCUT2D eigenvalue weighted by Gasteiger charge is -2.30. The fourth-order valence-corrected chi connectivity index (χ4v) is 1.75. The van der Waals surface area contributed by atoms with Crippen LogP contribution in [-0.2, 0) is 9.53 Å². The molecule has 0 aliphatic carbocycles. The van der Waals surface area contributed by atoms with E-state index in [-0.39, 0.29) is 11.5 Å². The Morgan fingerprint density at radius 2 is 2.06 bits per heavy atom. The Kier molecular flexibility index (Phi) is 5.36. The van der Waals surface area contributed by atoms with E-state index < -0.39 is 0 Å². The summed E-state index contributed by atoms with van der Waals surface area (Å²) in [6.07, 6.45) is 1.97. The van der Waals surface area contributed by atoms with Crippen LogP contribution in [0.3, 0.4) is 0 Å². The van der Waals surface area contributed by atoms with Gasteiger partial charge in [0.1, 0.15) is 0 Å². The molecular formula is C12H25N3O2. The zero-order chi connectivity index (χ0) is 12.9. The summed E-state index contributed by atoms with van der Waals surface area (Å²) < 4.78 is 5.25. The second-order valence-electron chi connectivity index (χ2n) is 5.35. The van der Waals surface area contributed by atoms with Gasteiger partial charge in [0.2, 0.25) is 5.91 Å². The average molecular weight is 243 g/mol. The minimum Gasteiger partial charge on any atom is -0.377 e. The van der Waals surface area contributed by atoms with E-state index in [1.54, 1.807) is 7.11 Å². The highest BCUT2D eigenvalue weighted by molar-refractivity contribution is 5.78. The molecule has 1 amide bonds. The second kappa shape index (κ2) is 6.33. The Labute approximate surface area is 104 Å². The second-order valence-corrected chi connectivity index (χ2v) is 5.35. The SMILES string of the molecule is COC(C)(C)CNC(=O)CN1CCC(N)CC1. The van der Waals surface area contributed by atoms with Crippen LogP contribution in [0.25, 0.3) is 0 Å². The maximum atomic E-state index is 11.7. The van der Waals surface area contributed by atoms with Crippen molar-refractivity contribution in [3.63, 3.8) is 0 Å². The van der Waals surface area contributed by atoms with Crippen molar-refractivity contribution < 1.29 is 9.53 Å². The van der Waals surface area contributed by atoms with E-state index in [9.17, 15) is 4.79 Å². The van der Waals surface area contributed by atoms with Crippen molar-refractivity contribution >= 4 is 5.91 Å². The number of carbonyl (C=O) groups is 1. The van der Waals surface area contributed by atoms with E-state index >= 15 is 0 Å². The molecule has 1 aliphatic rings. The normalized spacial score (nSPS) is 19.3. The van der Waals surface area contributed by atoms with E-state index in [4.69, 9.17) is 10.5 Å². The van der Waals surface area contributed by atoms with Gasteiger partial charge in [0, 0.05) is 32.8 Å². The molecule has 1 rings (SSSR count). The number of likely N-dealkylation sites (tertiary alicyclic amines) is 1. The van der Waals surface area contributed by atoms with Gasteiger partial charge in [-0.05, 0) is 26.7 Å². The van der Waals surface area contributed by atoms with Crippen molar-refractivity contribution in [1.29, 1.82) is 0 Å². The summed E-state index contributed by atoms with van der Waals surface area (Å²) in [5.74, 6) is 0.0607. The highest BCUT2D eigenvalue weighted by atomic mass is 16.5. The molecule has 0 atom stereocenters. The third-order valence-corrected chi connectivity index (χ3v) is 3.26. The van der Waals surface area contributed by atoms with E-state index in [2.05, 4.69) is 10.2 Å². The maximum absolute atomic E-state index is 11.7. The molecule has 0 aromatic heterocycles. The minimum atomic E-state index is -0.306. The number of carbonyl (C=O) groups excluding carboxylic acids is 1. The van der Waals surface area contributed by atoms with Gasteiger partial charge in [-0.25, -0.2) is 0 Å². The van der Waals surface area contributed by atoms with E-state index in [1.165, 1.54) is 0 Å². The molecule has 100 valence electrons. The van der Waals surface area contributed by atoms with Gasteiger partial charge in [-0.3, -0.25) is 9.69 Å². The fraction of sp³-hybridized carbons (Fsp3) is 0.917. The van der Waals surface area contributed by atoms with Crippen molar-refractivity contribution in [2.45, 2.75) is 38.3 Å². The number of methoxy groups -OCH3 is 1. The third kappa shape index (κ3) is 5.48. The smallest absolute Gasteiger partial charge is 0.234 e. The topological polar surface area (TPSA) is 67.6 Å². The summed E-state index contributed by atoms with van der Waals surface area (Å²) in [6.45, 7) is 6.74. The first kappa shape index (κ1) is 14.4. The molecule has 0 aromatic carbocycles. The summed E-state index contributed by atoms with van der Waals surface area (Å²) in [5.41, 5.74) is 5.51. The summed E-state index contributed by atoms with van der Waals surface area (Å²) >= 11 is 0. The summed E-state index contributed by atoms with van der Waals surface area (Å²) in [6, 6.07) is 0.307. The van der Waals surface area contributed by atoms with Crippen molar-refractivity contribution in [1.82, 2.24) is 10.2 Å². The number of hydrogen-bond acceptors (Lipinski definition) is 4. The Morgan fingerprint density at radius 3 is 2.59 bits per heavy atom. The molecule has 5 heteroatoms. The molecule has 5 nitrogen and oxygen atoms in total. The number of hydrogen-bond donors (Lipinski definition) is 2. The number of nitrogens with one attached hydrogen (secondary N) is 1. The lowest BCUT2D eigenvalue weighted by molar-refractivity contribution is -0.123. The van der Waals surface area contributed by atoms with Crippen LogP contribution in [0.5, 0.6) is 0 Å². The lowest BCUT2D eigenvalue weighted by Crippen LogP contribution is -2.47. The Bertz CT molecular complexity index is 248. The predicted molar refractivity (Wildman–Crippen MR) is 67.7 cm³/mol. The predicted octanol–water partition coefficient (Wildman–Crippen LogP) is -0.0493. The van der Waals surface area contributed by atoms with Gasteiger partial charge in [-0.1, -0.05) is 0 Å². The van der Waals surface area contributed by atoms with E-state index in [0.717, 1.165) is 25.9 Å². The monoisotopic (exact) mass is 243 g/mol. The van der Waals surface area contributed by atoms with Crippen LogP contribution >= 0.6 is 0 Å². The van der Waals surface area contributed by atoms with Gasteiger partial charge in [-0.15, -0.1) is 0 Å². The molecule has 0 radical (unpaired) electrons. The van der Waals surface area contributed by atoms with Crippen molar-refractivity contribution in [2.24, 2.45) is 5.73 Å². The van der Waals surface area contributed by atoms with Crippen molar-refractivity contribution in [2.75, 3.05) is 33.3 Å². The quantitative estimate of drug-likeness (QED) is 0.710. The van der Waals surface area contributed by atoms with Gasteiger partial charge in [0.05, 0.1) is 12.1 Å². The maximum Gasteiger partial charge on any atom is 0.234 e. The average Bonchev–Trinajstić information content (AvgIpc) is 2.30. The Balaban J connectivity index is 2.21. The first-order valence-electron chi connectivity index (χ1n) is 6.23. The van der Waals surface area contributed by atoms with E-state index in [1.807, 2.05) is 13.8 Å². The van der Waals surface area contributed by atoms with Crippen LogP contribution < -0.4 is 11.1 Å². The Hall–Kier alpha value is -0.650. The van der Waals surface area contributed by atoms with Crippen LogP contribution in [0.2, 0.25) is 0 Å². The number of nitrogens with zero attached hydrogens (tertiary/aromatic N) is 1. The summed E-state index contributed by atoms with van der Waals surface area (Å²) in [4.78, 5) is 13.9. The lowest BCUT2D eigenvalue weighted by atomic mass is 10.1. The number of amides is 1. The first-order valence-corrected chi connectivity index (χ1v) is 6.23. The van der Waals surface area contributed by atoms with E-state index in [0.29, 0.717) is 19.1 Å². The molecule has 17 heavy (non-hydrogen) atoms. The highest BCUT2D eigenvalue weighted by Crippen LogP contribution is 2.08. The molecule has 0 spiro atoms. The minimum absolute atomic E-state index is 0.0607. The molecule has 0 unspecified atom stereocenters.